The minimum atomic E-state index is -0.0689. The molecule has 102 valence electrons. The number of hydrogen-bond acceptors (Lipinski definition) is 1. The Kier molecular flexibility index (Phi) is 4.44. The van der Waals surface area contributed by atoms with Gasteiger partial charge >= 0.3 is 0 Å². The van der Waals surface area contributed by atoms with Gasteiger partial charge in [-0.15, -0.1) is 22.9 Å². The van der Waals surface area contributed by atoms with Crippen molar-refractivity contribution in [1.82, 2.24) is 0 Å². The van der Waals surface area contributed by atoms with Crippen LogP contribution in [0.25, 0.3) is 0 Å². The van der Waals surface area contributed by atoms with Crippen LogP contribution in [-0.4, -0.2) is 0 Å². The molecule has 0 radical (unpaired) electrons. The lowest BCUT2D eigenvalue weighted by molar-refractivity contribution is 1.04. The average molecular weight is 358 g/mol. The van der Waals surface area contributed by atoms with Gasteiger partial charge in [0.2, 0.25) is 0 Å². The van der Waals surface area contributed by atoms with Gasteiger partial charge in [-0.25, -0.2) is 0 Å². The molecular formula is C16H18BrClS. The van der Waals surface area contributed by atoms with Crippen LogP contribution in [0.2, 0.25) is 0 Å². The summed E-state index contributed by atoms with van der Waals surface area (Å²) in [5, 5.41) is 2.06. The molecule has 0 amide bonds. The molecule has 0 fully saturated rings. The molecule has 3 heteroatoms. The van der Waals surface area contributed by atoms with E-state index in [1.54, 1.807) is 11.3 Å². The van der Waals surface area contributed by atoms with Crippen molar-refractivity contribution in [3.05, 3.63) is 54.2 Å². The lowest BCUT2D eigenvalue weighted by atomic mass is 9.87. The molecule has 0 saturated heterocycles. The summed E-state index contributed by atoms with van der Waals surface area (Å²) in [6.45, 7) is 10.9. The Morgan fingerprint density at radius 3 is 1.84 bits per heavy atom. The fourth-order valence-corrected chi connectivity index (χ4v) is 4.26. The van der Waals surface area contributed by atoms with Crippen molar-refractivity contribution in [3.8, 4) is 0 Å². The molecule has 0 aliphatic carbocycles. The average Bonchev–Trinajstić information content (AvgIpc) is 2.81. The van der Waals surface area contributed by atoms with Crippen molar-refractivity contribution in [2.24, 2.45) is 0 Å². The fraction of sp³-hybridized carbons (Fsp3) is 0.375. The van der Waals surface area contributed by atoms with Crippen LogP contribution in [0.3, 0.4) is 0 Å². The third-order valence-corrected chi connectivity index (χ3v) is 6.18. The van der Waals surface area contributed by atoms with Gasteiger partial charge in [0.25, 0.3) is 0 Å². The maximum Gasteiger partial charge on any atom is 0.0849 e. The van der Waals surface area contributed by atoms with E-state index in [1.165, 1.54) is 38.9 Å². The van der Waals surface area contributed by atoms with Crippen molar-refractivity contribution >= 4 is 38.9 Å². The Balaban J connectivity index is 2.63. The van der Waals surface area contributed by atoms with Crippen LogP contribution in [0.15, 0.2) is 15.2 Å². The highest BCUT2D eigenvalue weighted by Gasteiger charge is 2.20. The third kappa shape index (κ3) is 2.63. The van der Waals surface area contributed by atoms with E-state index in [4.69, 9.17) is 11.6 Å². The van der Waals surface area contributed by atoms with Crippen LogP contribution in [0.4, 0.5) is 0 Å². The van der Waals surface area contributed by atoms with Crippen molar-refractivity contribution in [2.75, 3.05) is 0 Å². The summed E-state index contributed by atoms with van der Waals surface area (Å²) in [7, 11) is 0. The van der Waals surface area contributed by atoms with E-state index in [1.807, 2.05) is 0 Å². The van der Waals surface area contributed by atoms with Gasteiger partial charge in [-0.3, -0.25) is 0 Å². The molecule has 1 aromatic carbocycles. The summed E-state index contributed by atoms with van der Waals surface area (Å²) < 4.78 is 1.13. The molecule has 0 saturated carbocycles. The molecule has 1 atom stereocenters. The zero-order valence-corrected chi connectivity index (χ0v) is 15.1. The Labute approximate surface area is 132 Å². The molecule has 0 bridgehead atoms. The zero-order valence-electron chi connectivity index (χ0n) is 11.9. The zero-order chi connectivity index (χ0) is 14.3. The van der Waals surface area contributed by atoms with E-state index < -0.39 is 0 Å². The predicted molar refractivity (Wildman–Crippen MR) is 89.8 cm³/mol. The second-order valence-electron chi connectivity index (χ2n) is 5.09. The second-order valence-corrected chi connectivity index (χ2v) is 7.81. The molecule has 0 aliphatic rings. The van der Waals surface area contributed by atoms with E-state index >= 15 is 0 Å². The van der Waals surface area contributed by atoms with E-state index in [0.29, 0.717) is 0 Å². The molecule has 2 rings (SSSR count). The summed E-state index contributed by atoms with van der Waals surface area (Å²) in [4.78, 5) is 0. The Morgan fingerprint density at radius 2 is 1.42 bits per heavy atom. The van der Waals surface area contributed by atoms with E-state index in [-0.39, 0.29) is 5.38 Å². The number of benzene rings is 1. The summed E-state index contributed by atoms with van der Waals surface area (Å²) >= 11 is 11.9. The SMILES string of the molecule is Cc1c(C)c(C)c(C(Cl)c2csc(Br)c2)c(C)c1C. The molecule has 0 N–H and O–H groups in total. The standard InChI is InChI=1S/C16H18BrClS/c1-8-9(2)11(4)15(12(5)10(8)3)16(18)13-6-14(17)19-7-13/h6-7,16H,1-5H3. The molecule has 0 nitrogen and oxygen atoms in total. The van der Waals surface area contributed by atoms with Gasteiger partial charge in [0.1, 0.15) is 0 Å². The summed E-state index contributed by atoms with van der Waals surface area (Å²) in [6.07, 6.45) is 0. The first-order valence-electron chi connectivity index (χ1n) is 6.29. The molecule has 0 spiro atoms. The first kappa shape index (κ1) is 15.1. The van der Waals surface area contributed by atoms with Crippen LogP contribution in [0, 0.1) is 34.6 Å². The van der Waals surface area contributed by atoms with Crippen molar-refractivity contribution < 1.29 is 0 Å². The smallest absolute Gasteiger partial charge is 0.0849 e. The number of rotatable bonds is 2. The lowest BCUT2D eigenvalue weighted by Gasteiger charge is -2.21. The number of halogens is 2. The van der Waals surface area contributed by atoms with Crippen LogP contribution < -0.4 is 0 Å². The van der Waals surface area contributed by atoms with E-state index in [2.05, 4.69) is 62.0 Å². The van der Waals surface area contributed by atoms with Gasteiger partial charge in [-0.1, -0.05) is 0 Å². The highest BCUT2D eigenvalue weighted by atomic mass is 79.9. The fourth-order valence-electron chi connectivity index (χ4n) is 2.53. The van der Waals surface area contributed by atoms with Crippen LogP contribution in [-0.2, 0) is 0 Å². The van der Waals surface area contributed by atoms with Gasteiger partial charge in [0.15, 0.2) is 0 Å². The Hall–Kier alpha value is -0.310. The number of thiophene rings is 1. The van der Waals surface area contributed by atoms with Crippen LogP contribution in [0.5, 0.6) is 0 Å². The third-order valence-electron chi connectivity index (χ3n) is 4.19. The van der Waals surface area contributed by atoms with Crippen molar-refractivity contribution in [3.63, 3.8) is 0 Å². The van der Waals surface area contributed by atoms with Gasteiger partial charge in [-0.05, 0) is 101 Å². The Morgan fingerprint density at radius 1 is 0.947 bits per heavy atom. The van der Waals surface area contributed by atoms with Gasteiger partial charge in [-0.2, -0.15) is 0 Å². The molecule has 2 aromatic rings. The highest BCUT2D eigenvalue weighted by Crippen LogP contribution is 2.39. The summed E-state index contributed by atoms with van der Waals surface area (Å²) in [5.41, 5.74) is 9.19. The van der Waals surface area contributed by atoms with Crippen molar-refractivity contribution in [2.45, 2.75) is 40.0 Å². The topological polar surface area (TPSA) is 0 Å². The second kappa shape index (κ2) is 5.59. The quantitative estimate of drug-likeness (QED) is 0.547. The van der Waals surface area contributed by atoms with Crippen LogP contribution in [0.1, 0.15) is 44.3 Å². The summed E-state index contributed by atoms with van der Waals surface area (Å²) in [5.74, 6) is 0. The highest BCUT2D eigenvalue weighted by molar-refractivity contribution is 9.11. The first-order valence-corrected chi connectivity index (χ1v) is 8.40. The molecule has 1 unspecified atom stereocenters. The van der Waals surface area contributed by atoms with Gasteiger partial charge in [0.05, 0.1) is 9.16 Å². The maximum atomic E-state index is 6.74. The number of hydrogen-bond donors (Lipinski definition) is 0. The lowest BCUT2D eigenvalue weighted by Crippen LogP contribution is -2.05. The van der Waals surface area contributed by atoms with Gasteiger partial charge in [0, 0.05) is 0 Å². The van der Waals surface area contributed by atoms with E-state index in [0.717, 1.165) is 3.79 Å². The van der Waals surface area contributed by atoms with Crippen molar-refractivity contribution in [1.29, 1.82) is 0 Å². The minimum absolute atomic E-state index is 0.0689. The Bertz CT molecular complexity index is 599. The van der Waals surface area contributed by atoms with Gasteiger partial charge < -0.3 is 0 Å². The molecule has 1 heterocycles. The molecular weight excluding hydrogens is 340 g/mol. The van der Waals surface area contributed by atoms with Crippen LogP contribution >= 0.6 is 38.9 Å². The molecule has 1 aromatic heterocycles. The first-order chi connectivity index (χ1) is 8.84. The maximum absolute atomic E-state index is 6.74. The number of alkyl halides is 1. The van der Waals surface area contributed by atoms with E-state index in [9.17, 15) is 0 Å². The largest absolute Gasteiger partial charge is 0.136 e. The molecule has 19 heavy (non-hydrogen) atoms. The molecule has 0 aliphatic heterocycles. The normalized spacial score (nSPS) is 12.8. The summed E-state index contributed by atoms with van der Waals surface area (Å²) in [6, 6.07) is 2.12. The monoisotopic (exact) mass is 356 g/mol. The minimum Gasteiger partial charge on any atom is -0.136 e. The predicted octanol–water partition coefficient (Wildman–Crippen LogP) is 6.38.